The Hall–Kier alpha value is -1.65. The molecule has 0 fully saturated rings. The summed E-state index contributed by atoms with van der Waals surface area (Å²) in [5.41, 5.74) is 0.369. The summed E-state index contributed by atoms with van der Waals surface area (Å²) in [6.07, 6.45) is 0.967. The van der Waals surface area contributed by atoms with E-state index >= 15 is 0 Å². The Kier molecular flexibility index (Phi) is 4.04. The number of hydrogen-bond donors (Lipinski definition) is 1. The molecule has 94 valence electrons. The maximum Gasteiger partial charge on any atom is 0.407 e. The van der Waals surface area contributed by atoms with Crippen molar-refractivity contribution in [2.75, 3.05) is 0 Å². The molecule has 5 heteroatoms. The number of halogens is 1. The molecule has 1 aromatic rings. The van der Waals surface area contributed by atoms with Crippen LogP contribution in [0.4, 0.5) is 9.18 Å². The number of carbonyl (C=O) groups is 1. The Morgan fingerprint density at radius 1 is 1.53 bits per heavy atom. The summed E-state index contributed by atoms with van der Waals surface area (Å²) in [5.74, 6) is -0.430. The van der Waals surface area contributed by atoms with E-state index < -0.39 is 17.5 Å². The Morgan fingerprint density at radius 3 is 2.71 bits per heavy atom. The topological polar surface area (TPSA) is 51.2 Å². The number of carbonyl (C=O) groups excluding carboxylic acids is 1. The normalized spacial score (nSPS) is 11.1. The lowest BCUT2D eigenvalue weighted by molar-refractivity contribution is 0.0522. The van der Waals surface area contributed by atoms with Crippen LogP contribution in [0.5, 0.6) is 0 Å². The molecule has 0 aromatic carbocycles. The Balaban J connectivity index is 2.53. The summed E-state index contributed by atoms with van der Waals surface area (Å²) in [7, 11) is 0. The van der Waals surface area contributed by atoms with Crippen LogP contribution in [0.3, 0.4) is 0 Å². The van der Waals surface area contributed by atoms with Crippen LogP contribution in [0.15, 0.2) is 12.3 Å². The maximum atomic E-state index is 13.4. The van der Waals surface area contributed by atoms with Gasteiger partial charge in [0.25, 0.3) is 0 Å². The number of rotatable bonds is 2. The molecule has 0 unspecified atom stereocenters. The highest BCUT2D eigenvalue weighted by molar-refractivity contribution is 5.67. The molecule has 0 aliphatic heterocycles. The molecule has 0 aliphatic rings. The van der Waals surface area contributed by atoms with E-state index in [-0.39, 0.29) is 12.2 Å². The van der Waals surface area contributed by atoms with Crippen molar-refractivity contribution < 1.29 is 13.9 Å². The first-order valence-corrected chi connectivity index (χ1v) is 5.36. The molecule has 0 atom stereocenters. The highest BCUT2D eigenvalue weighted by Gasteiger charge is 2.16. The van der Waals surface area contributed by atoms with Gasteiger partial charge in [0.15, 0.2) is 0 Å². The minimum absolute atomic E-state index is 0.0149. The fraction of sp³-hybridized carbons (Fsp3) is 0.500. The standard InChI is InChI=1S/C12H17FN2O2/c1-8-5-9(13)10(14-6-8)7-15-11(16)17-12(2,3)4/h5-6H,7H2,1-4H3,(H,15,16). The number of amides is 1. The lowest BCUT2D eigenvalue weighted by Crippen LogP contribution is -2.32. The molecule has 1 rings (SSSR count). The average molecular weight is 240 g/mol. The predicted molar refractivity (Wildman–Crippen MR) is 62.0 cm³/mol. The molecule has 1 N–H and O–H groups in total. The van der Waals surface area contributed by atoms with E-state index in [4.69, 9.17) is 4.74 Å². The molecule has 1 heterocycles. The van der Waals surface area contributed by atoms with Gasteiger partial charge in [-0.25, -0.2) is 9.18 Å². The van der Waals surface area contributed by atoms with Gasteiger partial charge in [0.05, 0.1) is 12.2 Å². The van der Waals surface area contributed by atoms with Gasteiger partial charge >= 0.3 is 6.09 Å². The minimum atomic E-state index is -0.584. The third-order valence-corrected chi connectivity index (χ3v) is 1.85. The van der Waals surface area contributed by atoms with Gasteiger partial charge < -0.3 is 10.1 Å². The van der Waals surface area contributed by atoms with Crippen molar-refractivity contribution >= 4 is 6.09 Å². The molecule has 0 saturated carbocycles. The van der Waals surface area contributed by atoms with E-state index in [0.29, 0.717) is 0 Å². The van der Waals surface area contributed by atoms with Crippen LogP contribution in [-0.2, 0) is 11.3 Å². The first kappa shape index (κ1) is 13.4. The van der Waals surface area contributed by atoms with Crippen LogP contribution in [0.25, 0.3) is 0 Å². The number of nitrogens with zero attached hydrogens (tertiary/aromatic N) is 1. The molecule has 0 bridgehead atoms. The Bertz CT molecular complexity index is 413. The van der Waals surface area contributed by atoms with Crippen LogP contribution >= 0.6 is 0 Å². The molecule has 1 aromatic heterocycles. The van der Waals surface area contributed by atoms with Gasteiger partial charge in [0.2, 0.25) is 0 Å². The van der Waals surface area contributed by atoms with Gasteiger partial charge in [-0.15, -0.1) is 0 Å². The van der Waals surface area contributed by atoms with Crippen molar-refractivity contribution in [2.24, 2.45) is 0 Å². The fourth-order valence-corrected chi connectivity index (χ4v) is 1.16. The molecular weight excluding hydrogens is 223 g/mol. The van der Waals surface area contributed by atoms with Crippen molar-refractivity contribution in [3.8, 4) is 0 Å². The predicted octanol–water partition coefficient (Wildman–Crippen LogP) is 2.55. The van der Waals surface area contributed by atoms with Crippen molar-refractivity contribution in [3.05, 3.63) is 29.3 Å². The van der Waals surface area contributed by atoms with Crippen LogP contribution in [0.1, 0.15) is 32.0 Å². The van der Waals surface area contributed by atoms with Gasteiger partial charge in [-0.3, -0.25) is 4.98 Å². The van der Waals surface area contributed by atoms with E-state index in [1.165, 1.54) is 6.07 Å². The Morgan fingerprint density at radius 2 is 2.18 bits per heavy atom. The van der Waals surface area contributed by atoms with Gasteiger partial charge in [0, 0.05) is 6.20 Å². The van der Waals surface area contributed by atoms with Gasteiger partial charge in [0.1, 0.15) is 11.4 Å². The molecule has 0 saturated heterocycles. The first-order chi connectivity index (χ1) is 7.78. The minimum Gasteiger partial charge on any atom is -0.444 e. The number of hydrogen-bond acceptors (Lipinski definition) is 3. The van der Waals surface area contributed by atoms with Gasteiger partial charge in [-0.1, -0.05) is 0 Å². The van der Waals surface area contributed by atoms with Crippen molar-refractivity contribution in [2.45, 2.75) is 39.8 Å². The van der Waals surface area contributed by atoms with Crippen molar-refractivity contribution in [1.82, 2.24) is 10.3 Å². The van der Waals surface area contributed by atoms with Crippen LogP contribution in [0, 0.1) is 12.7 Å². The second-order valence-electron chi connectivity index (χ2n) is 4.80. The van der Waals surface area contributed by atoms with Gasteiger partial charge in [-0.2, -0.15) is 0 Å². The summed E-state index contributed by atoms with van der Waals surface area (Å²) in [6.45, 7) is 7.05. The number of nitrogens with one attached hydrogen (secondary N) is 1. The van der Waals surface area contributed by atoms with Crippen molar-refractivity contribution in [3.63, 3.8) is 0 Å². The summed E-state index contributed by atoms with van der Waals surface area (Å²) < 4.78 is 18.4. The van der Waals surface area contributed by atoms with E-state index in [2.05, 4.69) is 10.3 Å². The average Bonchev–Trinajstić information content (AvgIpc) is 2.13. The zero-order valence-corrected chi connectivity index (χ0v) is 10.5. The second kappa shape index (κ2) is 5.12. The lowest BCUT2D eigenvalue weighted by atomic mass is 10.2. The molecule has 0 spiro atoms. The quantitative estimate of drug-likeness (QED) is 0.864. The summed E-state index contributed by atoms with van der Waals surface area (Å²) >= 11 is 0. The number of ether oxygens (including phenoxy) is 1. The summed E-state index contributed by atoms with van der Waals surface area (Å²) in [6, 6.07) is 1.37. The highest BCUT2D eigenvalue weighted by Crippen LogP contribution is 2.08. The largest absolute Gasteiger partial charge is 0.444 e. The van der Waals surface area contributed by atoms with E-state index in [0.717, 1.165) is 5.56 Å². The van der Waals surface area contributed by atoms with Crippen LogP contribution < -0.4 is 5.32 Å². The second-order valence-corrected chi connectivity index (χ2v) is 4.80. The number of alkyl carbamates (subject to hydrolysis) is 1. The molecule has 1 amide bonds. The van der Waals surface area contributed by atoms with Crippen LogP contribution in [-0.4, -0.2) is 16.7 Å². The van der Waals surface area contributed by atoms with E-state index in [1.807, 2.05) is 0 Å². The highest BCUT2D eigenvalue weighted by atomic mass is 19.1. The number of aryl methyl sites for hydroxylation is 1. The summed E-state index contributed by atoms with van der Waals surface area (Å²) in [4.78, 5) is 15.2. The molecule has 17 heavy (non-hydrogen) atoms. The van der Waals surface area contributed by atoms with E-state index in [9.17, 15) is 9.18 Å². The van der Waals surface area contributed by atoms with Gasteiger partial charge in [-0.05, 0) is 39.3 Å². The molecule has 0 aliphatic carbocycles. The molecule has 0 radical (unpaired) electrons. The van der Waals surface area contributed by atoms with Crippen molar-refractivity contribution in [1.29, 1.82) is 0 Å². The fourth-order valence-electron chi connectivity index (χ4n) is 1.16. The molecule has 4 nitrogen and oxygen atoms in total. The third-order valence-electron chi connectivity index (χ3n) is 1.85. The monoisotopic (exact) mass is 240 g/mol. The SMILES string of the molecule is Cc1cnc(CNC(=O)OC(C)(C)C)c(F)c1. The third kappa shape index (κ3) is 4.80. The van der Waals surface area contributed by atoms with Crippen LogP contribution in [0.2, 0.25) is 0 Å². The molecular formula is C12H17FN2O2. The Labute approximate surface area is 100 Å². The van der Waals surface area contributed by atoms with E-state index in [1.54, 1.807) is 33.9 Å². The first-order valence-electron chi connectivity index (χ1n) is 5.36. The number of aromatic nitrogens is 1. The zero-order chi connectivity index (χ0) is 13.1. The maximum absolute atomic E-state index is 13.4. The number of pyridine rings is 1. The smallest absolute Gasteiger partial charge is 0.407 e. The zero-order valence-electron chi connectivity index (χ0n) is 10.5. The lowest BCUT2D eigenvalue weighted by Gasteiger charge is -2.19. The summed E-state index contributed by atoms with van der Waals surface area (Å²) in [5, 5.41) is 2.45.